The summed E-state index contributed by atoms with van der Waals surface area (Å²) in [5, 5.41) is 5.33. The molecule has 3 rings (SSSR count). The first kappa shape index (κ1) is 18.5. The molecule has 0 radical (unpaired) electrons. The second-order valence-corrected chi connectivity index (χ2v) is 6.58. The molecule has 1 aromatic rings. The molecule has 9 heteroatoms. The molecule has 0 spiro atoms. The highest BCUT2D eigenvalue weighted by Gasteiger charge is 2.35. The number of hydrogen-bond acceptors (Lipinski definition) is 4. The highest BCUT2D eigenvalue weighted by molar-refractivity contribution is 5.83. The second-order valence-electron chi connectivity index (χ2n) is 6.58. The monoisotopic (exact) mass is 371 g/mol. The Balaban J connectivity index is 1.58. The van der Waals surface area contributed by atoms with Crippen LogP contribution in [0.2, 0.25) is 0 Å². The van der Waals surface area contributed by atoms with Gasteiger partial charge in [0.15, 0.2) is 0 Å². The second kappa shape index (κ2) is 7.53. The Kier molecular flexibility index (Phi) is 5.36. The number of benzene rings is 1. The Morgan fingerprint density at radius 3 is 2.96 bits per heavy atom. The van der Waals surface area contributed by atoms with Crippen LogP contribution >= 0.6 is 0 Å². The zero-order chi connectivity index (χ0) is 18.8. The largest absolute Gasteiger partial charge is 0.416 e. The lowest BCUT2D eigenvalue weighted by Gasteiger charge is -2.34. The molecule has 0 bridgehead atoms. The standard InChI is InChI=1S/C17H20F3N3O3/c1-9(16-13(20)5-10(18)6-21-16)22-15(24)8-23-7-11-12(19)3-2-4-14(11)26-17(23)25/h2-4,9-10,13,16,21H,5-8H2,1H3,(H,22,24)/t9-,10?,13?,16?/m0/s1. The fourth-order valence-corrected chi connectivity index (χ4v) is 3.24. The predicted octanol–water partition coefficient (Wildman–Crippen LogP) is 1.68. The van der Waals surface area contributed by atoms with Crippen molar-refractivity contribution in [2.45, 2.75) is 44.3 Å². The number of hydrogen-bond donors (Lipinski definition) is 2. The van der Waals surface area contributed by atoms with Crippen molar-refractivity contribution in [1.29, 1.82) is 0 Å². The lowest BCUT2D eigenvalue weighted by molar-refractivity contribution is -0.123. The van der Waals surface area contributed by atoms with Crippen LogP contribution in [-0.2, 0) is 11.3 Å². The number of carbonyl (C=O) groups excluding carboxylic acids is 2. The molecule has 1 fully saturated rings. The third kappa shape index (κ3) is 3.92. The number of halogens is 3. The molecule has 2 heterocycles. The summed E-state index contributed by atoms with van der Waals surface area (Å²) in [4.78, 5) is 25.2. The van der Waals surface area contributed by atoms with Crippen molar-refractivity contribution in [1.82, 2.24) is 15.5 Å². The molecular weight excluding hydrogens is 351 g/mol. The number of nitrogens with one attached hydrogen (secondary N) is 2. The minimum absolute atomic E-state index is 0.0276. The molecule has 2 aliphatic heterocycles. The van der Waals surface area contributed by atoms with E-state index in [1.807, 2.05) is 0 Å². The van der Waals surface area contributed by atoms with Crippen LogP contribution < -0.4 is 15.4 Å². The Labute approximate surface area is 148 Å². The quantitative estimate of drug-likeness (QED) is 0.845. The Morgan fingerprint density at radius 1 is 1.46 bits per heavy atom. The lowest BCUT2D eigenvalue weighted by Crippen LogP contribution is -2.58. The summed E-state index contributed by atoms with van der Waals surface area (Å²) in [5.74, 6) is -0.931. The van der Waals surface area contributed by atoms with Gasteiger partial charge in [0.05, 0.1) is 18.2 Å². The summed E-state index contributed by atoms with van der Waals surface area (Å²) >= 11 is 0. The molecule has 1 saturated heterocycles. The molecule has 0 aliphatic carbocycles. The van der Waals surface area contributed by atoms with E-state index in [4.69, 9.17) is 4.74 Å². The summed E-state index contributed by atoms with van der Waals surface area (Å²) < 4.78 is 46.0. The molecule has 3 unspecified atom stereocenters. The van der Waals surface area contributed by atoms with Gasteiger partial charge in [0.2, 0.25) is 5.91 Å². The molecular formula is C17H20F3N3O3. The third-order valence-corrected chi connectivity index (χ3v) is 4.59. The lowest BCUT2D eigenvalue weighted by atomic mass is 9.96. The normalized spacial score (nSPS) is 26.7. The Morgan fingerprint density at radius 2 is 2.23 bits per heavy atom. The Bertz CT molecular complexity index is 703. The van der Waals surface area contributed by atoms with Gasteiger partial charge in [-0.3, -0.25) is 9.69 Å². The van der Waals surface area contributed by atoms with E-state index in [2.05, 4.69) is 10.6 Å². The van der Waals surface area contributed by atoms with Gasteiger partial charge in [-0.2, -0.15) is 0 Å². The molecule has 0 saturated carbocycles. The summed E-state index contributed by atoms with van der Waals surface area (Å²) in [6, 6.07) is 2.83. The van der Waals surface area contributed by atoms with Gasteiger partial charge in [0.25, 0.3) is 0 Å². The van der Waals surface area contributed by atoms with E-state index >= 15 is 0 Å². The van der Waals surface area contributed by atoms with Crippen LogP contribution in [0.15, 0.2) is 18.2 Å². The summed E-state index contributed by atoms with van der Waals surface area (Å²) in [6.45, 7) is 1.18. The summed E-state index contributed by atoms with van der Waals surface area (Å²) in [6.07, 6.45) is -3.64. The van der Waals surface area contributed by atoms with Crippen LogP contribution in [-0.4, -0.2) is 54.4 Å². The van der Waals surface area contributed by atoms with Crippen LogP contribution in [0.4, 0.5) is 18.0 Å². The minimum atomic E-state index is -1.42. The maximum absolute atomic E-state index is 13.9. The average molecular weight is 371 g/mol. The average Bonchev–Trinajstić information content (AvgIpc) is 2.56. The minimum Gasteiger partial charge on any atom is -0.410 e. The van der Waals surface area contributed by atoms with Gasteiger partial charge in [-0.1, -0.05) is 6.07 Å². The molecule has 0 aromatic heterocycles. The molecule has 4 atom stereocenters. The molecule has 2 aliphatic rings. The van der Waals surface area contributed by atoms with Gasteiger partial charge in [-0.25, -0.2) is 18.0 Å². The van der Waals surface area contributed by atoms with Crippen molar-refractivity contribution in [2.75, 3.05) is 13.1 Å². The van der Waals surface area contributed by atoms with Crippen LogP contribution in [0.3, 0.4) is 0 Å². The van der Waals surface area contributed by atoms with Crippen LogP contribution in [0.1, 0.15) is 18.9 Å². The van der Waals surface area contributed by atoms with Crippen LogP contribution in [0.5, 0.6) is 5.75 Å². The van der Waals surface area contributed by atoms with Gasteiger partial charge in [-0.15, -0.1) is 0 Å². The number of piperidine rings is 1. The number of rotatable bonds is 4. The van der Waals surface area contributed by atoms with Crippen LogP contribution in [0, 0.1) is 5.82 Å². The van der Waals surface area contributed by atoms with Crippen molar-refractivity contribution >= 4 is 12.0 Å². The fraction of sp³-hybridized carbons (Fsp3) is 0.529. The zero-order valence-corrected chi connectivity index (χ0v) is 14.2. The number of fused-ring (bicyclic) bond motifs is 1. The first-order valence-electron chi connectivity index (χ1n) is 8.40. The van der Waals surface area contributed by atoms with E-state index in [1.54, 1.807) is 6.92 Å². The van der Waals surface area contributed by atoms with E-state index < -0.39 is 42.2 Å². The molecule has 1 aromatic carbocycles. The van der Waals surface area contributed by atoms with Gasteiger partial charge < -0.3 is 15.4 Å². The highest BCUT2D eigenvalue weighted by Crippen LogP contribution is 2.27. The first-order valence-corrected chi connectivity index (χ1v) is 8.40. The van der Waals surface area contributed by atoms with Crippen molar-refractivity contribution in [3.63, 3.8) is 0 Å². The number of carbonyl (C=O) groups is 2. The van der Waals surface area contributed by atoms with Crippen molar-refractivity contribution in [2.24, 2.45) is 0 Å². The Hall–Kier alpha value is -2.29. The van der Waals surface area contributed by atoms with Crippen molar-refractivity contribution in [3.8, 4) is 5.75 Å². The van der Waals surface area contributed by atoms with Crippen molar-refractivity contribution < 1.29 is 27.5 Å². The van der Waals surface area contributed by atoms with Gasteiger partial charge in [-0.05, 0) is 19.1 Å². The van der Waals surface area contributed by atoms with E-state index in [0.717, 1.165) is 4.90 Å². The molecule has 2 N–H and O–H groups in total. The highest BCUT2D eigenvalue weighted by atomic mass is 19.1. The fourth-order valence-electron chi connectivity index (χ4n) is 3.24. The SMILES string of the molecule is C[C@H](NC(=O)CN1Cc2c(F)cccc2OC1=O)C1NCC(F)CC1F. The zero-order valence-electron chi connectivity index (χ0n) is 14.2. The third-order valence-electron chi connectivity index (χ3n) is 4.59. The van der Waals surface area contributed by atoms with Gasteiger partial charge in [0.1, 0.15) is 30.5 Å². The van der Waals surface area contributed by atoms with E-state index in [1.165, 1.54) is 18.2 Å². The molecule has 26 heavy (non-hydrogen) atoms. The van der Waals surface area contributed by atoms with E-state index in [9.17, 15) is 22.8 Å². The first-order chi connectivity index (χ1) is 12.3. The van der Waals surface area contributed by atoms with E-state index in [0.29, 0.717) is 0 Å². The topological polar surface area (TPSA) is 70.7 Å². The smallest absolute Gasteiger partial charge is 0.410 e. The summed E-state index contributed by atoms with van der Waals surface area (Å²) in [7, 11) is 0. The predicted molar refractivity (Wildman–Crippen MR) is 86.6 cm³/mol. The number of nitrogens with zero attached hydrogens (tertiary/aromatic N) is 1. The summed E-state index contributed by atoms with van der Waals surface area (Å²) in [5.41, 5.74) is 0.194. The van der Waals surface area contributed by atoms with Gasteiger partial charge >= 0.3 is 6.09 Å². The van der Waals surface area contributed by atoms with E-state index in [-0.39, 0.29) is 37.4 Å². The number of alkyl halides is 2. The molecule has 2 amide bonds. The maximum Gasteiger partial charge on any atom is 0.416 e. The van der Waals surface area contributed by atoms with Crippen molar-refractivity contribution in [3.05, 3.63) is 29.6 Å². The molecule has 6 nitrogen and oxygen atoms in total. The maximum atomic E-state index is 13.9. The van der Waals surface area contributed by atoms with Gasteiger partial charge in [0, 0.05) is 19.0 Å². The molecule has 142 valence electrons. The number of amides is 2. The number of ether oxygens (including phenoxy) is 1. The van der Waals surface area contributed by atoms with Crippen LogP contribution in [0.25, 0.3) is 0 Å².